The monoisotopic (exact) mass is 414 g/mol. The Hall–Kier alpha value is -3.34. The summed E-state index contributed by atoms with van der Waals surface area (Å²) in [5.41, 5.74) is -2.94. The molecule has 2 heterocycles. The summed E-state index contributed by atoms with van der Waals surface area (Å²) in [6, 6.07) is 13.6. The lowest BCUT2D eigenvalue weighted by molar-refractivity contribution is -0.297. The summed E-state index contributed by atoms with van der Waals surface area (Å²) in [4.78, 5) is 0. The number of fused-ring (bicyclic) bond motifs is 4. The Morgan fingerprint density at radius 1 is 1.06 bits per heavy atom. The topological polar surface area (TPSA) is 123 Å². The summed E-state index contributed by atoms with van der Waals surface area (Å²) in [7, 11) is 1.57. The van der Waals surface area contributed by atoms with Gasteiger partial charge < -0.3 is 14.2 Å². The van der Waals surface area contributed by atoms with Gasteiger partial charge in [-0.15, -0.1) is 0 Å². The highest BCUT2D eigenvalue weighted by atomic mass is 16.7. The number of nitrogens with one attached hydrogen (secondary N) is 1. The Balaban J connectivity index is 1.72. The molecule has 7 heteroatoms. The van der Waals surface area contributed by atoms with Gasteiger partial charge in [-0.25, -0.2) is 0 Å². The minimum absolute atomic E-state index is 0.0957. The number of allylic oxidation sites excluding steroid dienone is 2. The molecule has 0 radical (unpaired) electrons. The van der Waals surface area contributed by atoms with Gasteiger partial charge in [0.25, 0.3) is 0 Å². The molecule has 31 heavy (non-hydrogen) atoms. The van der Waals surface area contributed by atoms with Crippen molar-refractivity contribution in [1.29, 1.82) is 21.2 Å². The highest BCUT2D eigenvalue weighted by Gasteiger charge is 2.80. The summed E-state index contributed by atoms with van der Waals surface area (Å²) in [6.07, 6.45) is 5.20. The zero-order valence-electron chi connectivity index (χ0n) is 17.3. The number of hydrogen-bond acceptors (Lipinski definition) is 7. The van der Waals surface area contributed by atoms with E-state index in [1.165, 1.54) is 0 Å². The van der Waals surface area contributed by atoms with Crippen LogP contribution in [0.15, 0.2) is 36.4 Å². The number of nitrogens with zero attached hydrogens (tertiary/aromatic N) is 3. The SMILES string of the molecule is COc1ccc(C23OC(=N)C(C#N)(C2C)C(C#N)(C#N)C(C2CC4C=CC2C4)O3)cc1. The molecule has 7 atom stereocenters. The average molecular weight is 414 g/mol. The maximum absolute atomic E-state index is 10.4. The fraction of sp³-hybridized carbons (Fsp3) is 0.500. The first-order valence-corrected chi connectivity index (χ1v) is 10.4. The van der Waals surface area contributed by atoms with Crippen molar-refractivity contribution < 1.29 is 14.2 Å². The summed E-state index contributed by atoms with van der Waals surface area (Å²) < 4.78 is 17.9. The van der Waals surface area contributed by atoms with Gasteiger partial charge in [-0.05, 0) is 54.9 Å². The summed E-state index contributed by atoms with van der Waals surface area (Å²) in [5, 5.41) is 39.7. The fourth-order valence-corrected chi connectivity index (χ4v) is 6.29. The Morgan fingerprint density at radius 3 is 2.29 bits per heavy atom. The molecular formula is C24H22N4O3. The molecule has 7 unspecified atom stereocenters. The molecule has 1 aromatic carbocycles. The Bertz CT molecular complexity index is 1090. The highest BCUT2D eigenvalue weighted by Crippen LogP contribution is 2.68. The van der Waals surface area contributed by atoms with Crippen molar-refractivity contribution in [2.75, 3.05) is 7.11 Å². The zero-order chi connectivity index (χ0) is 22.0. The van der Waals surface area contributed by atoms with Gasteiger partial charge >= 0.3 is 0 Å². The van der Waals surface area contributed by atoms with E-state index in [0.29, 0.717) is 17.2 Å². The fourth-order valence-electron chi connectivity index (χ4n) is 6.29. The molecule has 0 spiro atoms. The summed E-state index contributed by atoms with van der Waals surface area (Å²) >= 11 is 0. The van der Waals surface area contributed by atoms with Crippen LogP contribution in [0.3, 0.4) is 0 Å². The van der Waals surface area contributed by atoms with Crippen molar-refractivity contribution in [2.24, 2.45) is 34.5 Å². The second kappa shape index (κ2) is 6.33. The molecule has 1 saturated carbocycles. The van der Waals surface area contributed by atoms with E-state index in [0.717, 1.165) is 12.8 Å². The van der Waals surface area contributed by atoms with Gasteiger partial charge in [0, 0.05) is 5.56 Å². The van der Waals surface area contributed by atoms with Gasteiger partial charge in [0.1, 0.15) is 5.75 Å². The third-order valence-corrected chi connectivity index (χ3v) is 7.92. The van der Waals surface area contributed by atoms with Crippen LogP contribution in [0, 0.1) is 73.9 Å². The Morgan fingerprint density at radius 2 is 1.77 bits per heavy atom. The first kappa shape index (κ1) is 19.6. The first-order valence-electron chi connectivity index (χ1n) is 10.4. The number of nitriles is 3. The van der Waals surface area contributed by atoms with Crippen LogP contribution in [0.1, 0.15) is 25.3 Å². The van der Waals surface area contributed by atoms with Gasteiger partial charge in [0.05, 0.1) is 37.3 Å². The smallest absolute Gasteiger partial charge is 0.243 e. The van der Waals surface area contributed by atoms with Crippen LogP contribution in [0.5, 0.6) is 5.75 Å². The van der Waals surface area contributed by atoms with Gasteiger partial charge in [-0.2, -0.15) is 15.8 Å². The van der Waals surface area contributed by atoms with Crippen LogP contribution < -0.4 is 4.74 Å². The zero-order valence-corrected chi connectivity index (χ0v) is 17.3. The third-order valence-electron chi connectivity index (χ3n) is 7.92. The van der Waals surface area contributed by atoms with E-state index in [2.05, 4.69) is 30.4 Å². The lowest BCUT2D eigenvalue weighted by Gasteiger charge is -2.51. The van der Waals surface area contributed by atoms with Crippen molar-refractivity contribution in [1.82, 2.24) is 0 Å². The second-order valence-corrected chi connectivity index (χ2v) is 8.98. The molecule has 156 valence electrons. The predicted octanol–water partition coefficient (Wildman–Crippen LogP) is 3.65. The minimum Gasteiger partial charge on any atom is -0.497 e. The largest absolute Gasteiger partial charge is 0.497 e. The highest BCUT2D eigenvalue weighted by molar-refractivity contribution is 5.89. The van der Waals surface area contributed by atoms with E-state index in [4.69, 9.17) is 19.6 Å². The van der Waals surface area contributed by atoms with Crippen molar-refractivity contribution in [3.05, 3.63) is 42.0 Å². The lowest BCUT2D eigenvalue weighted by Crippen LogP contribution is -2.63. The number of ether oxygens (including phenoxy) is 3. The maximum atomic E-state index is 10.4. The predicted molar refractivity (Wildman–Crippen MR) is 108 cm³/mol. The first-order chi connectivity index (χ1) is 14.9. The van der Waals surface area contributed by atoms with E-state index in [1.54, 1.807) is 38.3 Å². The van der Waals surface area contributed by atoms with Crippen LogP contribution >= 0.6 is 0 Å². The van der Waals surface area contributed by atoms with Crippen LogP contribution in [0.2, 0.25) is 0 Å². The van der Waals surface area contributed by atoms with E-state index < -0.39 is 28.6 Å². The lowest BCUT2D eigenvalue weighted by atomic mass is 9.52. The van der Waals surface area contributed by atoms with E-state index in [9.17, 15) is 15.8 Å². The third kappa shape index (κ3) is 2.11. The maximum Gasteiger partial charge on any atom is 0.243 e. The molecule has 4 aliphatic rings. The van der Waals surface area contributed by atoms with Gasteiger partial charge in [0.15, 0.2) is 10.8 Å². The van der Waals surface area contributed by atoms with Gasteiger partial charge in [-0.1, -0.05) is 19.1 Å². The molecule has 4 bridgehead atoms. The van der Waals surface area contributed by atoms with Gasteiger partial charge in [0.2, 0.25) is 11.7 Å². The summed E-state index contributed by atoms with van der Waals surface area (Å²) in [6.45, 7) is 1.73. The quantitative estimate of drug-likeness (QED) is 0.753. The van der Waals surface area contributed by atoms with Crippen molar-refractivity contribution in [2.45, 2.75) is 31.7 Å². The minimum atomic E-state index is -1.84. The number of benzene rings is 1. The van der Waals surface area contributed by atoms with Crippen LogP contribution in [0.25, 0.3) is 0 Å². The van der Waals surface area contributed by atoms with E-state index >= 15 is 0 Å². The molecule has 2 aliphatic carbocycles. The molecule has 1 N–H and O–H groups in total. The van der Waals surface area contributed by atoms with Crippen molar-refractivity contribution in [3.8, 4) is 24.0 Å². The number of methoxy groups -OCH3 is 1. The summed E-state index contributed by atoms with van der Waals surface area (Å²) in [5.74, 6) is -1.41. The standard InChI is InChI=1S/C24H22N4O3/c1-14-23(13-27)21(28)31-24(14,17-5-7-18(29-2)8-6-17)30-20(22(23,11-25)12-26)19-10-15-3-4-16(19)9-15/h3-8,14-16,19-20,28H,9-10H2,1-2H3. The Labute approximate surface area is 180 Å². The van der Waals surface area contributed by atoms with E-state index in [1.807, 2.05) is 0 Å². The van der Waals surface area contributed by atoms with Crippen molar-refractivity contribution in [3.63, 3.8) is 0 Å². The van der Waals surface area contributed by atoms with Crippen molar-refractivity contribution >= 4 is 5.90 Å². The molecule has 7 nitrogen and oxygen atoms in total. The number of rotatable bonds is 3. The molecule has 3 fully saturated rings. The number of hydrogen-bond donors (Lipinski definition) is 1. The Kier molecular flexibility index (Phi) is 4.00. The average Bonchev–Trinajstić information content (AvgIpc) is 3.47. The molecule has 0 aromatic heterocycles. The van der Waals surface area contributed by atoms with Gasteiger partial charge in [-0.3, -0.25) is 5.41 Å². The molecule has 0 amide bonds. The molecule has 5 rings (SSSR count). The van der Waals surface area contributed by atoms with Crippen LogP contribution in [-0.2, 0) is 15.3 Å². The normalized spacial score (nSPS) is 41.1. The van der Waals surface area contributed by atoms with Crippen LogP contribution in [-0.4, -0.2) is 19.1 Å². The molecule has 2 aliphatic heterocycles. The van der Waals surface area contributed by atoms with Crippen LogP contribution in [0.4, 0.5) is 0 Å². The molecule has 2 saturated heterocycles. The van der Waals surface area contributed by atoms with E-state index in [-0.39, 0.29) is 17.7 Å². The molecule has 1 aromatic rings. The second-order valence-electron chi connectivity index (χ2n) is 8.98. The molecular weight excluding hydrogens is 392 g/mol.